The highest BCUT2D eigenvalue weighted by Gasteiger charge is 2.30. The number of pyridine rings is 1. The number of fused-ring (bicyclic) bond motifs is 1. The van der Waals surface area contributed by atoms with Crippen LogP contribution in [0.5, 0.6) is 0 Å². The molecule has 208 valence electrons. The Morgan fingerprint density at radius 2 is 1.95 bits per heavy atom. The van der Waals surface area contributed by atoms with Gasteiger partial charge in [-0.1, -0.05) is 29.8 Å². The Bertz CT molecular complexity index is 1410. The molecule has 4 heterocycles. The van der Waals surface area contributed by atoms with Crippen LogP contribution in [0.3, 0.4) is 0 Å². The zero-order chi connectivity index (χ0) is 27.6. The average molecular weight is 563 g/mol. The topological polar surface area (TPSA) is 130 Å². The van der Waals surface area contributed by atoms with Crippen LogP contribution in [0.2, 0.25) is 5.02 Å². The highest BCUT2D eigenvalue weighted by molar-refractivity contribution is 6.33. The maximum Gasteiger partial charge on any atom is 0.254 e. The summed E-state index contributed by atoms with van der Waals surface area (Å²) in [6.07, 6.45) is 7.32. The van der Waals surface area contributed by atoms with Gasteiger partial charge in [-0.3, -0.25) is 14.6 Å². The summed E-state index contributed by atoms with van der Waals surface area (Å²) in [6.45, 7) is 1.33. The molecule has 6 rings (SSSR count). The number of rotatable bonds is 9. The summed E-state index contributed by atoms with van der Waals surface area (Å²) in [6, 6.07) is 9.00. The maximum atomic E-state index is 13.3. The highest BCUT2D eigenvalue weighted by atomic mass is 35.5. The Hall–Kier alpha value is -3.60. The molecule has 2 aliphatic heterocycles. The first kappa shape index (κ1) is 26.6. The number of carbonyl (C=O) groups is 2. The molecule has 0 bridgehead atoms. The predicted octanol–water partition coefficient (Wildman–Crippen LogP) is 3.47. The lowest BCUT2D eigenvalue weighted by molar-refractivity contribution is -0.122. The summed E-state index contributed by atoms with van der Waals surface area (Å²) in [4.78, 5) is 41.1. The van der Waals surface area contributed by atoms with E-state index >= 15 is 0 Å². The van der Waals surface area contributed by atoms with E-state index in [1.807, 2.05) is 24.3 Å². The smallest absolute Gasteiger partial charge is 0.254 e. The van der Waals surface area contributed by atoms with E-state index in [4.69, 9.17) is 16.3 Å². The van der Waals surface area contributed by atoms with Gasteiger partial charge in [-0.15, -0.1) is 0 Å². The average Bonchev–Trinajstić information content (AvgIpc) is 3.78. The van der Waals surface area contributed by atoms with Crippen molar-refractivity contribution in [1.82, 2.24) is 25.2 Å². The van der Waals surface area contributed by atoms with Crippen molar-refractivity contribution in [2.24, 2.45) is 0 Å². The van der Waals surface area contributed by atoms with Crippen LogP contribution >= 0.6 is 11.6 Å². The second kappa shape index (κ2) is 11.5. The number of halogens is 1. The van der Waals surface area contributed by atoms with Gasteiger partial charge in [-0.05, 0) is 48.9 Å². The first-order valence-corrected chi connectivity index (χ1v) is 14.0. The quantitative estimate of drug-likeness (QED) is 0.361. The Morgan fingerprint density at radius 3 is 2.67 bits per heavy atom. The number of amides is 2. The molecule has 3 N–H and O–H groups in total. The molecular formula is C29H31ClN6O4. The van der Waals surface area contributed by atoms with Crippen LogP contribution in [0.15, 0.2) is 42.7 Å². The zero-order valence-electron chi connectivity index (χ0n) is 22.0. The number of nitrogens with one attached hydrogen (secondary N) is 2. The highest BCUT2D eigenvalue weighted by Crippen LogP contribution is 2.39. The summed E-state index contributed by atoms with van der Waals surface area (Å²) >= 11 is 6.45. The molecule has 0 radical (unpaired) electrons. The van der Waals surface area contributed by atoms with Gasteiger partial charge in [-0.2, -0.15) is 0 Å². The van der Waals surface area contributed by atoms with Crippen LogP contribution in [-0.4, -0.2) is 69.2 Å². The Balaban J connectivity index is 1.11. The van der Waals surface area contributed by atoms with Crippen molar-refractivity contribution in [3.63, 3.8) is 0 Å². The second-order valence-electron chi connectivity index (χ2n) is 10.5. The fraction of sp³-hybridized carbons (Fsp3) is 0.414. The van der Waals surface area contributed by atoms with E-state index < -0.39 is 6.04 Å². The van der Waals surface area contributed by atoms with Crippen molar-refractivity contribution >= 4 is 29.4 Å². The molecule has 10 nitrogen and oxygen atoms in total. The summed E-state index contributed by atoms with van der Waals surface area (Å²) in [7, 11) is 0. The van der Waals surface area contributed by atoms with Crippen molar-refractivity contribution in [3.05, 3.63) is 70.1 Å². The largest absolute Gasteiger partial charge is 0.394 e. The molecule has 2 amide bonds. The fourth-order valence-corrected chi connectivity index (χ4v) is 5.39. The molecule has 11 heteroatoms. The minimum Gasteiger partial charge on any atom is -0.394 e. The van der Waals surface area contributed by atoms with Gasteiger partial charge in [0.05, 0.1) is 29.6 Å². The standard InChI is InChI=1S/C29H31ClN6O4/c30-23-13-32-29(33-21-7-9-40-10-8-21)35-27(23)18-3-4-20-14-36(28(39)22(20)11-18)15-26(38)34-25(16-37)19-5-6-24(31-12-19)17-1-2-17/h3-6,11-13,17,21,25,37H,1-2,7-10,14-16H2,(H,34,38)(H,32,33,35). The van der Waals surface area contributed by atoms with Crippen molar-refractivity contribution in [2.45, 2.75) is 50.2 Å². The third-order valence-electron chi connectivity index (χ3n) is 7.62. The monoisotopic (exact) mass is 562 g/mol. The molecule has 1 aliphatic carbocycles. The van der Waals surface area contributed by atoms with Crippen molar-refractivity contribution in [2.75, 3.05) is 31.7 Å². The number of carbonyl (C=O) groups excluding carboxylic acids is 2. The molecule has 2 fully saturated rings. The first-order chi connectivity index (χ1) is 19.5. The van der Waals surface area contributed by atoms with Crippen molar-refractivity contribution < 1.29 is 19.4 Å². The molecule has 1 saturated carbocycles. The Labute approximate surface area is 237 Å². The lowest BCUT2D eigenvalue weighted by Crippen LogP contribution is -2.40. The van der Waals surface area contributed by atoms with E-state index in [9.17, 15) is 14.7 Å². The van der Waals surface area contributed by atoms with Crippen LogP contribution in [0.4, 0.5) is 5.95 Å². The molecule has 2 aromatic heterocycles. The molecule has 1 aromatic carbocycles. The number of nitrogens with zero attached hydrogens (tertiary/aromatic N) is 4. The number of hydrogen-bond acceptors (Lipinski definition) is 8. The minimum atomic E-state index is -0.594. The summed E-state index contributed by atoms with van der Waals surface area (Å²) in [5.74, 6) is 0.413. The van der Waals surface area contributed by atoms with E-state index in [2.05, 4.69) is 25.6 Å². The van der Waals surface area contributed by atoms with Gasteiger partial charge in [0.15, 0.2) is 0 Å². The van der Waals surface area contributed by atoms with Gasteiger partial charge in [0, 0.05) is 54.7 Å². The molecule has 1 atom stereocenters. The first-order valence-electron chi connectivity index (χ1n) is 13.6. The predicted molar refractivity (Wildman–Crippen MR) is 149 cm³/mol. The molecule has 3 aliphatic rings. The summed E-state index contributed by atoms with van der Waals surface area (Å²) < 4.78 is 5.42. The van der Waals surface area contributed by atoms with Gasteiger partial charge in [0.1, 0.15) is 6.54 Å². The van der Waals surface area contributed by atoms with E-state index in [1.165, 1.54) is 4.90 Å². The zero-order valence-corrected chi connectivity index (χ0v) is 22.7. The van der Waals surface area contributed by atoms with Gasteiger partial charge in [0.2, 0.25) is 11.9 Å². The Kier molecular flexibility index (Phi) is 7.64. The molecular weight excluding hydrogens is 532 g/mol. The SMILES string of the molecule is O=C(CN1Cc2ccc(-c3nc(NC4CCOCC4)ncc3Cl)cc2C1=O)NC(CO)c1ccc(C2CC2)nc1. The van der Waals surface area contributed by atoms with Gasteiger partial charge in [-0.25, -0.2) is 9.97 Å². The number of benzene rings is 1. The minimum absolute atomic E-state index is 0.125. The Morgan fingerprint density at radius 1 is 1.12 bits per heavy atom. The van der Waals surface area contributed by atoms with Gasteiger partial charge < -0.3 is 25.4 Å². The van der Waals surface area contributed by atoms with Gasteiger partial charge >= 0.3 is 0 Å². The molecule has 3 aromatic rings. The van der Waals surface area contributed by atoms with Crippen molar-refractivity contribution in [3.8, 4) is 11.3 Å². The van der Waals surface area contributed by atoms with Crippen LogP contribution in [0.1, 0.15) is 64.8 Å². The molecule has 40 heavy (non-hydrogen) atoms. The lowest BCUT2D eigenvalue weighted by Gasteiger charge is -2.23. The fourth-order valence-electron chi connectivity index (χ4n) is 5.19. The molecule has 1 unspecified atom stereocenters. The molecule has 1 saturated heterocycles. The van der Waals surface area contributed by atoms with Crippen LogP contribution < -0.4 is 10.6 Å². The molecule has 0 spiro atoms. The summed E-state index contributed by atoms with van der Waals surface area (Å²) in [5.41, 5.74) is 4.34. The van der Waals surface area contributed by atoms with E-state index in [0.29, 0.717) is 53.5 Å². The third-order valence-corrected chi connectivity index (χ3v) is 7.90. The van der Waals surface area contributed by atoms with Crippen LogP contribution in [0, 0.1) is 0 Å². The number of aliphatic hydroxyl groups excluding tert-OH is 1. The number of aromatic nitrogens is 3. The van der Waals surface area contributed by atoms with Crippen molar-refractivity contribution in [1.29, 1.82) is 0 Å². The van der Waals surface area contributed by atoms with E-state index in [-0.39, 0.29) is 31.0 Å². The van der Waals surface area contributed by atoms with Crippen LogP contribution in [-0.2, 0) is 16.1 Å². The maximum absolute atomic E-state index is 13.3. The number of hydrogen-bond donors (Lipinski definition) is 3. The van der Waals surface area contributed by atoms with Gasteiger partial charge in [0.25, 0.3) is 5.91 Å². The normalized spacial score (nSPS) is 17.9. The van der Waals surface area contributed by atoms with E-state index in [0.717, 1.165) is 42.5 Å². The number of anilines is 1. The lowest BCUT2D eigenvalue weighted by atomic mass is 10.0. The summed E-state index contributed by atoms with van der Waals surface area (Å²) in [5, 5.41) is 16.5. The second-order valence-corrected chi connectivity index (χ2v) is 11.0. The number of ether oxygens (including phenoxy) is 1. The third kappa shape index (κ3) is 5.79. The number of aliphatic hydroxyl groups is 1. The van der Waals surface area contributed by atoms with Crippen LogP contribution in [0.25, 0.3) is 11.3 Å². The van der Waals surface area contributed by atoms with E-state index in [1.54, 1.807) is 18.5 Å².